The smallest absolute Gasteiger partial charge is 0.450 e. The highest BCUT2D eigenvalue weighted by Crippen LogP contribution is 2.04. The number of hydrogen-bond donors (Lipinski definition) is 2. The number of carboxylic acid groups (broad SMARTS) is 1. The quantitative estimate of drug-likeness (QED) is 0.677. The lowest BCUT2D eigenvalue weighted by Crippen LogP contribution is -2.17. The number of hydrogen-bond acceptors (Lipinski definition) is 5. The van der Waals surface area contributed by atoms with Crippen molar-refractivity contribution < 1.29 is 24.0 Å². The molecule has 1 amide bonds. The summed E-state index contributed by atoms with van der Waals surface area (Å²) in [7, 11) is 1.45. The lowest BCUT2D eigenvalue weighted by Gasteiger charge is -1.93. The second-order valence-corrected chi connectivity index (χ2v) is 2.31. The van der Waals surface area contributed by atoms with E-state index in [9.17, 15) is 9.59 Å². The highest BCUT2D eigenvalue weighted by molar-refractivity contribution is 5.91. The van der Waals surface area contributed by atoms with Gasteiger partial charge in [-0.15, -0.1) is 0 Å². The van der Waals surface area contributed by atoms with Crippen molar-refractivity contribution in [2.24, 2.45) is 0 Å². The molecular formula is C7H8N2O5. The maximum absolute atomic E-state index is 11.0. The molecule has 76 valence electrons. The molecule has 1 rings (SSSR count). The zero-order valence-corrected chi connectivity index (χ0v) is 7.31. The summed E-state index contributed by atoms with van der Waals surface area (Å²) in [6, 6.07) is 1.31. The van der Waals surface area contributed by atoms with E-state index in [0.717, 1.165) is 0 Å². The number of carbonyl (C=O) groups excluding carboxylic acids is 1. The molecule has 0 saturated carbocycles. The fourth-order valence-corrected chi connectivity index (χ4v) is 0.749. The van der Waals surface area contributed by atoms with Crippen molar-refractivity contribution in [3.8, 4) is 0 Å². The molecule has 2 N–H and O–H groups in total. The third-order valence-electron chi connectivity index (χ3n) is 1.36. The van der Waals surface area contributed by atoms with Gasteiger partial charge in [-0.25, -0.2) is 4.79 Å². The monoisotopic (exact) mass is 200 g/mol. The molecule has 1 aromatic heterocycles. The number of rotatable bonds is 3. The molecule has 0 aliphatic carbocycles. The molecule has 0 atom stereocenters. The van der Waals surface area contributed by atoms with Gasteiger partial charge in [-0.3, -0.25) is 4.79 Å². The van der Waals surface area contributed by atoms with E-state index < -0.39 is 12.1 Å². The number of nitrogens with one attached hydrogen (secondary N) is 1. The molecule has 0 aliphatic heterocycles. The van der Waals surface area contributed by atoms with E-state index in [2.05, 4.69) is 19.7 Å². The summed E-state index contributed by atoms with van der Waals surface area (Å²) in [6.07, 6.45) is -1.41. The Morgan fingerprint density at radius 2 is 2.43 bits per heavy atom. The number of carbonyl (C=O) groups is 2. The first-order valence-electron chi connectivity index (χ1n) is 3.67. The van der Waals surface area contributed by atoms with Crippen molar-refractivity contribution in [1.82, 2.24) is 10.5 Å². The van der Waals surface area contributed by atoms with Crippen LogP contribution >= 0.6 is 0 Å². The minimum atomic E-state index is -1.41. The first-order valence-corrected chi connectivity index (χ1v) is 3.67. The summed E-state index contributed by atoms with van der Waals surface area (Å²) in [4.78, 5) is 21.0. The van der Waals surface area contributed by atoms with Crippen molar-refractivity contribution in [3.63, 3.8) is 0 Å². The van der Waals surface area contributed by atoms with Crippen LogP contribution in [0.15, 0.2) is 10.6 Å². The zero-order valence-electron chi connectivity index (χ0n) is 7.31. The van der Waals surface area contributed by atoms with E-state index >= 15 is 0 Å². The van der Waals surface area contributed by atoms with E-state index in [4.69, 9.17) is 5.11 Å². The summed E-state index contributed by atoms with van der Waals surface area (Å²) >= 11 is 0. The van der Waals surface area contributed by atoms with E-state index in [1.54, 1.807) is 0 Å². The van der Waals surface area contributed by atoms with Crippen LogP contribution in [-0.2, 0) is 11.3 Å². The van der Waals surface area contributed by atoms with Gasteiger partial charge in [-0.2, -0.15) is 0 Å². The summed E-state index contributed by atoms with van der Waals surface area (Å²) in [5, 5.41) is 13.9. The number of amides is 1. The highest BCUT2D eigenvalue weighted by atomic mass is 16.7. The fourth-order valence-electron chi connectivity index (χ4n) is 0.749. The molecule has 0 bridgehead atoms. The lowest BCUT2D eigenvalue weighted by molar-refractivity contribution is 0.0769. The molecule has 0 radical (unpaired) electrons. The molecule has 14 heavy (non-hydrogen) atoms. The highest BCUT2D eigenvalue weighted by Gasteiger charge is 2.11. The van der Waals surface area contributed by atoms with Gasteiger partial charge in [0.2, 0.25) is 0 Å². The molecule has 0 saturated heterocycles. The van der Waals surface area contributed by atoms with Crippen molar-refractivity contribution in [1.29, 1.82) is 0 Å². The summed E-state index contributed by atoms with van der Waals surface area (Å²) in [6.45, 7) is -0.265. The third-order valence-corrected chi connectivity index (χ3v) is 1.36. The van der Waals surface area contributed by atoms with Crippen molar-refractivity contribution >= 4 is 12.1 Å². The van der Waals surface area contributed by atoms with Crippen LogP contribution in [0.25, 0.3) is 0 Å². The van der Waals surface area contributed by atoms with Crippen molar-refractivity contribution in [3.05, 3.63) is 17.5 Å². The van der Waals surface area contributed by atoms with Gasteiger partial charge in [0, 0.05) is 13.1 Å². The van der Waals surface area contributed by atoms with Gasteiger partial charge in [0.25, 0.3) is 5.91 Å². The molecule has 7 nitrogen and oxygen atoms in total. The Hall–Kier alpha value is -2.05. The Kier molecular flexibility index (Phi) is 3.05. The molecule has 0 spiro atoms. The molecule has 0 aliphatic rings. The SMILES string of the molecule is CNC(=O)c1cc(COC(=O)O)on1. The summed E-state index contributed by atoms with van der Waals surface area (Å²) < 4.78 is 8.84. The average Bonchev–Trinajstić information content (AvgIpc) is 2.62. The number of aromatic nitrogens is 1. The first-order chi connectivity index (χ1) is 6.63. The molecule has 0 fully saturated rings. The third kappa shape index (κ3) is 2.47. The van der Waals surface area contributed by atoms with E-state index in [1.165, 1.54) is 13.1 Å². The van der Waals surface area contributed by atoms with Gasteiger partial charge in [0.1, 0.15) is 0 Å². The lowest BCUT2D eigenvalue weighted by atomic mass is 10.3. The van der Waals surface area contributed by atoms with Gasteiger partial charge >= 0.3 is 6.16 Å². The Morgan fingerprint density at radius 1 is 1.71 bits per heavy atom. The summed E-state index contributed by atoms with van der Waals surface area (Å²) in [5.74, 6) is -0.235. The standard InChI is InChI=1S/C7H8N2O5/c1-8-6(10)5-2-4(14-9-5)3-13-7(11)12/h2H,3H2,1H3,(H,8,10)(H,11,12). The maximum atomic E-state index is 11.0. The summed E-state index contributed by atoms with van der Waals surface area (Å²) in [5.41, 5.74) is 0.0801. The van der Waals surface area contributed by atoms with Crippen LogP contribution in [0, 0.1) is 0 Å². The Bertz CT molecular complexity index is 346. The van der Waals surface area contributed by atoms with Crippen LogP contribution < -0.4 is 5.32 Å². The van der Waals surface area contributed by atoms with Gasteiger partial charge < -0.3 is 19.7 Å². The maximum Gasteiger partial charge on any atom is 0.506 e. The number of ether oxygens (including phenoxy) is 1. The minimum absolute atomic E-state index is 0.0801. The first kappa shape index (κ1) is 10.0. The Morgan fingerprint density at radius 3 is 3.00 bits per heavy atom. The van der Waals surface area contributed by atoms with E-state index in [1.807, 2.05) is 0 Å². The van der Waals surface area contributed by atoms with Crippen molar-refractivity contribution in [2.45, 2.75) is 6.61 Å². The van der Waals surface area contributed by atoms with Gasteiger partial charge in [-0.05, 0) is 0 Å². The molecule has 0 unspecified atom stereocenters. The van der Waals surface area contributed by atoms with Crippen LogP contribution in [-0.4, -0.2) is 29.4 Å². The van der Waals surface area contributed by atoms with E-state index in [0.29, 0.717) is 0 Å². The molecule has 7 heteroatoms. The molecule has 1 aromatic rings. The molecular weight excluding hydrogens is 192 g/mol. The average molecular weight is 200 g/mol. The predicted molar refractivity (Wildman–Crippen MR) is 42.7 cm³/mol. The van der Waals surface area contributed by atoms with Crippen LogP contribution in [0.3, 0.4) is 0 Å². The predicted octanol–water partition coefficient (Wildman–Crippen LogP) is 0.229. The number of nitrogens with zero attached hydrogens (tertiary/aromatic N) is 1. The van der Waals surface area contributed by atoms with Crippen LogP contribution in [0.5, 0.6) is 0 Å². The van der Waals surface area contributed by atoms with Crippen LogP contribution in [0.1, 0.15) is 16.2 Å². The van der Waals surface area contributed by atoms with Gasteiger partial charge in [0.05, 0.1) is 0 Å². The van der Waals surface area contributed by atoms with Crippen LogP contribution in [0.4, 0.5) is 4.79 Å². The zero-order chi connectivity index (χ0) is 10.6. The fraction of sp³-hybridized carbons (Fsp3) is 0.286. The van der Waals surface area contributed by atoms with Gasteiger partial charge in [-0.1, -0.05) is 5.16 Å². The minimum Gasteiger partial charge on any atom is -0.450 e. The normalized spacial score (nSPS) is 9.50. The second-order valence-electron chi connectivity index (χ2n) is 2.31. The molecule has 1 heterocycles. The Balaban J connectivity index is 2.59. The van der Waals surface area contributed by atoms with Crippen molar-refractivity contribution in [2.75, 3.05) is 7.05 Å². The van der Waals surface area contributed by atoms with Gasteiger partial charge in [0.15, 0.2) is 18.1 Å². The molecule has 0 aromatic carbocycles. The Labute approximate surface area is 78.6 Å². The van der Waals surface area contributed by atoms with E-state index in [-0.39, 0.29) is 18.1 Å². The second kappa shape index (κ2) is 4.26. The largest absolute Gasteiger partial charge is 0.506 e. The topological polar surface area (TPSA) is 102 Å². The van der Waals surface area contributed by atoms with Crippen LogP contribution in [0.2, 0.25) is 0 Å².